The number of nitrogens with zero attached hydrogens (tertiary/aromatic N) is 3. The van der Waals surface area contributed by atoms with Crippen molar-refractivity contribution in [2.24, 2.45) is 0 Å². The first-order valence-electron chi connectivity index (χ1n) is 13.5. The van der Waals surface area contributed by atoms with Crippen molar-refractivity contribution < 1.29 is 35.9 Å². The number of nitriles is 2. The number of likely N-dealkylation sites (tertiary alicyclic amines) is 1. The minimum Gasteiger partial charge on any atom is -0.382 e. The maximum absolute atomic E-state index is 13.2. The molecule has 0 unspecified atom stereocenters. The van der Waals surface area contributed by atoms with E-state index in [2.05, 4.69) is 10.6 Å². The van der Waals surface area contributed by atoms with Gasteiger partial charge in [-0.05, 0) is 74.9 Å². The van der Waals surface area contributed by atoms with E-state index in [4.69, 9.17) is 15.3 Å². The SMILES string of the molecule is N#Cc1ccc(NC2CCN(C(=O)CO[C@H]3CC[C@H](Nc4ccc(C#N)c(C(F)(F)F)c4)CC3)CC2)cc1C(F)(F)F. The van der Waals surface area contributed by atoms with E-state index in [0.717, 1.165) is 24.3 Å². The zero-order chi connectivity index (χ0) is 30.5. The minimum atomic E-state index is -4.64. The van der Waals surface area contributed by atoms with Crippen LogP contribution in [0.5, 0.6) is 0 Å². The lowest BCUT2D eigenvalue weighted by Crippen LogP contribution is -2.44. The fourth-order valence-corrected chi connectivity index (χ4v) is 5.33. The zero-order valence-electron chi connectivity index (χ0n) is 22.5. The van der Waals surface area contributed by atoms with Gasteiger partial charge < -0.3 is 20.3 Å². The molecule has 1 amide bonds. The Morgan fingerprint density at radius 2 is 1.24 bits per heavy atom. The number of hydrogen-bond donors (Lipinski definition) is 2. The predicted molar refractivity (Wildman–Crippen MR) is 141 cm³/mol. The Labute approximate surface area is 239 Å². The molecule has 2 fully saturated rings. The molecule has 42 heavy (non-hydrogen) atoms. The zero-order valence-corrected chi connectivity index (χ0v) is 22.5. The van der Waals surface area contributed by atoms with Crippen molar-refractivity contribution in [3.63, 3.8) is 0 Å². The molecule has 0 radical (unpaired) electrons. The summed E-state index contributed by atoms with van der Waals surface area (Å²) in [5.41, 5.74) is -2.28. The smallest absolute Gasteiger partial charge is 0.382 e. The van der Waals surface area contributed by atoms with Crippen LogP contribution in [0.1, 0.15) is 60.8 Å². The third kappa shape index (κ3) is 7.85. The molecule has 7 nitrogen and oxygen atoms in total. The number of anilines is 2. The molecular weight excluding hydrogens is 564 g/mol. The van der Waals surface area contributed by atoms with Gasteiger partial charge in [0.1, 0.15) is 6.61 Å². The largest absolute Gasteiger partial charge is 0.417 e. The first-order valence-corrected chi connectivity index (χ1v) is 13.5. The number of carbonyl (C=O) groups is 1. The first kappa shape index (κ1) is 31.0. The second kappa shape index (κ2) is 12.9. The van der Waals surface area contributed by atoms with Gasteiger partial charge in [0.05, 0.1) is 40.5 Å². The number of hydrogen-bond acceptors (Lipinski definition) is 6. The average Bonchev–Trinajstić information content (AvgIpc) is 2.96. The van der Waals surface area contributed by atoms with Crippen LogP contribution in [0.4, 0.5) is 37.7 Å². The number of carbonyl (C=O) groups excluding carboxylic acids is 1. The summed E-state index contributed by atoms with van der Waals surface area (Å²) < 4.78 is 85.3. The number of ether oxygens (including phenoxy) is 1. The van der Waals surface area contributed by atoms with E-state index in [9.17, 15) is 31.1 Å². The molecule has 2 N–H and O–H groups in total. The summed E-state index contributed by atoms with van der Waals surface area (Å²) in [5.74, 6) is -0.177. The van der Waals surface area contributed by atoms with E-state index in [-0.39, 0.29) is 36.4 Å². The highest BCUT2D eigenvalue weighted by Crippen LogP contribution is 2.35. The Morgan fingerprint density at radius 3 is 1.67 bits per heavy atom. The molecule has 1 saturated heterocycles. The van der Waals surface area contributed by atoms with Crippen LogP contribution in [0.3, 0.4) is 0 Å². The van der Waals surface area contributed by atoms with Gasteiger partial charge in [-0.2, -0.15) is 36.9 Å². The van der Waals surface area contributed by atoms with Gasteiger partial charge in [-0.15, -0.1) is 0 Å². The van der Waals surface area contributed by atoms with Gasteiger partial charge in [0, 0.05) is 36.5 Å². The molecule has 1 aliphatic heterocycles. The monoisotopic (exact) mass is 593 g/mol. The number of amides is 1. The van der Waals surface area contributed by atoms with Gasteiger partial charge in [0.25, 0.3) is 0 Å². The van der Waals surface area contributed by atoms with Crippen molar-refractivity contribution in [3.8, 4) is 12.1 Å². The van der Waals surface area contributed by atoms with Crippen LogP contribution in [-0.4, -0.2) is 48.7 Å². The quantitative estimate of drug-likeness (QED) is 0.365. The second-order valence-electron chi connectivity index (χ2n) is 10.5. The summed E-state index contributed by atoms with van der Waals surface area (Å²) in [6, 6.07) is 9.99. The van der Waals surface area contributed by atoms with Gasteiger partial charge in [0.2, 0.25) is 5.91 Å². The Hall–Kier alpha value is -3.97. The van der Waals surface area contributed by atoms with Crippen LogP contribution in [0.25, 0.3) is 0 Å². The van der Waals surface area contributed by atoms with Gasteiger partial charge in [0.15, 0.2) is 0 Å². The molecule has 224 valence electrons. The maximum Gasteiger partial charge on any atom is 0.417 e. The van der Waals surface area contributed by atoms with Crippen LogP contribution in [0.15, 0.2) is 36.4 Å². The maximum atomic E-state index is 13.2. The van der Waals surface area contributed by atoms with Crippen molar-refractivity contribution in [3.05, 3.63) is 58.7 Å². The minimum absolute atomic E-state index is 0.0654. The van der Waals surface area contributed by atoms with Crippen LogP contribution in [-0.2, 0) is 21.9 Å². The standard InChI is InChI=1S/C29H29F6N5O2/c30-28(31,32)25-13-22(3-1-18(25)15-36)38-20-5-7-24(8-6-20)42-17-27(41)40-11-9-21(10-12-40)39-23-4-2-19(16-37)26(14-23)29(33,34)35/h1-4,13-14,20-21,24,38-39H,5-12,17H2/t20-,24-. The summed E-state index contributed by atoms with van der Waals surface area (Å²) in [5, 5.41) is 24.1. The average molecular weight is 594 g/mol. The van der Waals surface area contributed by atoms with E-state index in [0.29, 0.717) is 57.3 Å². The Morgan fingerprint density at radius 1 is 0.786 bits per heavy atom. The van der Waals surface area contributed by atoms with Crippen LogP contribution >= 0.6 is 0 Å². The lowest BCUT2D eigenvalue weighted by Gasteiger charge is -2.34. The van der Waals surface area contributed by atoms with Gasteiger partial charge >= 0.3 is 12.4 Å². The van der Waals surface area contributed by atoms with E-state index in [1.54, 1.807) is 17.0 Å². The van der Waals surface area contributed by atoms with E-state index in [1.165, 1.54) is 12.1 Å². The molecule has 2 aromatic carbocycles. The lowest BCUT2D eigenvalue weighted by molar-refractivity contribution is -0.140. The molecular formula is C29H29F6N5O2. The molecule has 4 rings (SSSR count). The Kier molecular flexibility index (Phi) is 9.52. The highest BCUT2D eigenvalue weighted by molar-refractivity contribution is 5.77. The Bertz CT molecular complexity index is 1350. The molecule has 0 spiro atoms. The van der Waals surface area contributed by atoms with Gasteiger partial charge in [-0.25, -0.2) is 0 Å². The van der Waals surface area contributed by atoms with Crippen LogP contribution in [0.2, 0.25) is 0 Å². The highest BCUT2D eigenvalue weighted by atomic mass is 19.4. The molecule has 2 aromatic rings. The van der Waals surface area contributed by atoms with E-state index < -0.39 is 34.6 Å². The fourth-order valence-electron chi connectivity index (χ4n) is 5.33. The fraction of sp³-hybridized carbons (Fsp3) is 0.483. The normalized spacial score (nSPS) is 20.0. The van der Waals surface area contributed by atoms with E-state index >= 15 is 0 Å². The van der Waals surface area contributed by atoms with Crippen molar-refractivity contribution in [2.45, 2.75) is 69.1 Å². The number of piperidine rings is 1. The van der Waals surface area contributed by atoms with Crippen molar-refractivity contribution in [1.82, 2.24) is 4.90 Å². The lowest BCUT2D eigenvalue weighted by atomic mass is 9.92. The van der Waals surface area contributed by atoms with Crippen molar-refractivity contribution >= 4 is 17.3 Å². The van der Waals surface area contributed by atoms with Gasteiger partial charge in [-0.1, -0.05) is 0 Å². The third-order valence-electron chi connectivity index (χ3n) is 7.60. The molecule has 0 atom stereocenters. The summed E-state index contributed by atoms with van der Waals surface area (Å²) in [7, 11) is 0. The Balaban J connectivity index is 1.19. The summed E-state index contributed by atoms with van der Waals surface area (Å²) in [6.45, 7) is 0.739. The molecule has 0 aromatic heterocycles. The number of benzene rings is 2. The molecule has 1 saturated carbocycles. The molecule has 1 heterocycles. The predicted octanol–water partition coefficient (Wildman–Crippen LogP) is 6.31. The molecule has 0 bridgehead atoms. The topological polar surface area (TPSA) is 101 Å². The molecule has 1 aliphatic carbocycles. The second-order valence-corrected chi connectivity index (χ2v) is 10.5. The highest BCUT2D eigenvalue weighted by Gasteiger charge is 2.35. The van der Waals surface area contributed by atoms with E-state index in [1.807, 2.05) is 0 Å². The first-order chi connectivity index (χ1) is 19.9. The molecule has 2 aliphatic rings. The van der Waals surface area contributed by atoms with Crippen LogP contribution in [0, 0.1) is 22.7 Å². The van der Waals surface area contributed by atoms with Crippen molar-refractivity contribution in [1.29, 1.82) is 10.5 Å². The number of alkyl halides is 6. The number of nitrogens with one attached hydrogen (secondary N) is 2. The van der Waals surface area contributed by atoms with Gasteiger partial charge in [-0.3, -0.25) is 4.79 Å². The summed E-state index contributed by atoms with van der Waals surface area (Å²) in [4.78, 5) is 14.4. The third-order valence-corrected chi connectivity index (χ3v) is 7.60. The summed E-state index contributed by atoms with van der Waals surface area (Å²) in [6.07, 6.45) is -5.81. The summed E-state index contributed by atoms with van der Waals surface area (Å²) >= 11 is 0. The number of rotatable bonds is 7. The van der Waals surface area contributed by atoms with Crippen molar-refractivity contribution in [2.75, 3.05) is 30.3 Å². The number of halogens is 6. The van der Waals surface area contributed by atoms with Crippen LogP contribution < -0.4 is 10.6 Å². The molecule has 13 heteroatoms.